The third kappa shape index (κ3) is 5.54. The van der Waals surface area contributed by atoms with Gasteiger partial charge in [-0.05, 0) is 5.53 Å². The summed E-state index contributed by atoms with van der Waals surface area (Å²) in [5, 5.41) is 36.4. The number of esters is 1. The largest absolute Gasteiger partial charge is 0.465 e. The summed E-state index contributed by atoms with van der Waals surface area (Å²) >= 11 is 0. The summed E-state index contributed by atoms with van der Waals surface area (Å²) in [5.74, 6) is -1.61. The number of terminal acetylenes is 1. The van der Waals surface area contributed by atoms with Crippen LogP contribution in [0.2, 0.25) is 0 Å². The van der Waals surface area contributed by atoms with Crippen molar-refractivity contribution in [1.82, 2.24) is 5.32 Å². The molecule has 0 aromatic rings. The van der Waals surface area contributed by atoms with E-state index in [2.05, 4.69) is 26.0 Å². The van der Waals surface area contributed by atoms with Gasteiger partial charge in [-0.2, -0.15) is 0 Å². The van der Waals surface area contributed by atoms with E-state index in [1.165, 1.54) is 6.92 Å². The normalized spacial score (nSPS) is 29.6. The van der Waals surface area contributed by atoms with Crippen LogP contribution in [-0.4, -0.2) is 83.7 Å². The maximum Gasteiger partial charge on any atom is 0.366 e. The fourth-order valence-electron chi connectivity index (χ4n) is 2.70. The Balaban J connectivity index is 3.26. The molecule has 0 bridgehead atoms. The Hall–Kier alpha value is -2.39. The van der Waals surface area contributed by atoms with Crippen molar-refractivity contribution in [3.05, 3.63) is 10.4 Å². The molecule has 12 heteroatoms. The van der Waals surface area contributed by atoms with Gasteiger partial charge in [-0.15, -0.1) is 6.42 Å². The van der Waals surface area contributed by atoms with Crippen molar-refractivity contribution in [2.75, 3.05) is 20.3 Å². The van der Waals surface area contributed by atoms with Crippen LogP contribution in [0, 0.1) is 12.3 Å². The van der Waals surface area contributed by atoms with Gasteiger partial charge in [-0.3, -0.25) is 4.79 Å². The Labute approximate surface area is 155 Å². The fourth-order valence-corrected chi connectivity index (χ4v) is 2.70. The van der Waals surface area contributed by atoms with Gasteiger partial charge in [-0.1, -0.05) is 11.0 Å². The molecular weight excluding hydrogens is 364 g/mol. The minimum atomic E-state index is -2.17. The number of carbonyl (C=O) groups excluding carboxylic acids is 2. The predicted octanol–water partition coefficient (Wildman–Crippen LogP) is -1.81. The third-order valence-electron chi connectivity index (χ3n) is 3.89. The Bertz CT molecular complexity index is 632. The van der Waals surface area contributed by atoms with Crippen molar-refractivity contribution in [1.29, 1.82) is 0 Å². The second-order valence-corrected chi connectivity index (χ2v) is 5.79. The quantitative estimate of drug-likeness (QED) is 0.124. The highest BCUT2D eigenvalue weighted by atomic mass is 16.7. The molecular formula is C15H22N4O8. The van der Waals surface area contributed by atoms with Gasteiger partial charge in [0.05, 0.1) is 31.9 Å². The van der Waals surface area contributed by atoms with E-state index in [1.54, 1.807) is 0 Å². The lowest BCUT2D eigenvalue weighted by molar-refractivity contribution is -0.308. The van der Waals surface area contributed by atoms with E-state index < -0.39 is 61.1 Å². The molecule has 1 unspecified atom stereocenters. The van der Waals surface area contributed by atoms with Crippen molar-refractivity contribution in [2.24, 2.45) is 5.11 Å². The van der Waals surface area contributed by atoms with Crippen molar-refractivity contribution < 1.29 is 39.1 Å². The van der Waals surface area contributed by atoms with Crippen LogP contribution in [0.25, 0.3) is 10.4 Å². The number of ether oxygens (including phenoxy) is 3. The molecule has 1 saturated heterocycles. The smallest absolute Gasteiger partial charge is 0.366 e. The zero-order valence-electron chi connectivity index (χ0n) is 14.8. The number of amides is 1. The third-order valence-corrected chi connectivity index (χ3v) is 3.89. The van der Waals surface area contributed by atoms with Crippen molar-refractivity contribution >= 4 is 11.9 Å². The molecule has 1 rings (SSSR count). The van der Waals surface area contributed by atoms with Crippen LogP contribution in [0.15, 0.2) is 5.11 Å². The van der Waals surface area contributed by atoms with E-state index in [-0.39, 0.29) is 6.61 Å². The first-order chi connectivity index (χ1) is 12.7. The lowest BCUT2D eigenvalue weighted by Gasteiger charge is -2.46. The molecule has 0 aliphatic carbocycles. The van der Waals surface area contributed by atoms with Gasteiger partial charge in [0.25, 0.3) is 5.79 Å². The number of rotatable bonds is 8. The highest BCUT2D eigenvalue weighted by molar-refractivity contribution is 5.78. The van der Waals surface area contributed by atoms with Crippen LogP contribution in [-0.2, 0) is 23.8 Å². The molecule has 12 nitrogen and oxygen atoms in total. The molecule has 1 heterocycles. The molecule has 0 aromatic heterocycles. The number of hydrogen-bond donors (Lipinski definition) is 4. The average molecular weight is 386 g/mol. The van der Waals surface area contributed by atoms with Crippen LogP contribution in [0.3, 0.4) is 0 Å². The Kier molecular flexibility index (Phi) is 8.45. The van der Waals surface area contributed by atoms with E-state index in [0.29, 0.717) is 0 Å². The molecule has 6 atom stereocenters. The second-order valence-electron chi connectivity index (χ2n) is 5.79. The number of aliphatic hydroxyl groups excluding tert-OH is 3. The van der Waals surface area contributed by atoms with Crippen LogP contribution in [0.1, 0.15) is 13.3 Å². The number of aliphatic hydroxyl groups is 3. The van der Waals surface area contributed by atoms with Gasteiger partial charge in [0.15, 0.2) is 0 Å². The molecule has 0 saturated carbocycles. The van der Waals surface area contributed by atoms with Crippen LogP contribution in [0.4, 0.5) is 0 Å². The molecule has 0 radical (unpaired) electrons. The summed E-state index contributed by atoms with van der Waals surface area (Å²) in [6.07, 6.45) is -1.64. The number of nitrogens with one attached hydrogen (secondary N) is 1. The summed E-state index contributed by atoms with van der Waals surface area (Å²) in [6, 6.07) is -1.20. The molecule has 27 heavy (non-hydrogen) atoms. The van der Waals surface area contributed by atoms with E-state index in [4.69, 9.17) is 21.4 Å². The highest BCUT2D eigenvalue weighted by Gasteiger charge is 2.56. The number of nitrogens with zero attached hydrogens (tertiary/aromatic N) is 3. The number of hydrogen-bond acceptors (Lipinski definition) is 9. The molecule has 1 aliphatic rings. The van der Waals surface area contributed by atoms with Gasteiger partial charge >= 0.3 is 5.97 Å². The van der Waals surface area contributed by atoms with E-state index in [9.17, 15) is 24.9 Å². The maximum atomic E-state index is 12.2. The van der Waals surface area contributed by atoms with E-state index in [0.717, 1.165) is 7.11 Å². The highest BCUT2D eigenvalue weighted by Crippen LogP contribution is 2.34. The predicted molar refractivity (Wildman–Crippen MR) is 88.7 cm³/mol. The average Bonchev–Trinajstić information content (AvgIpc) is 2.64. The lowest BCUT2D eigenvalue weighted by Crippen LogP contribution is -2.68. The first-order valence-corrected chi connectivity index (χ1v) is 7.88. The first-order valence-electron chi connectivity index (χ1n) is 7.88. The number of carbonyl (C=O) groups is 2. The molecule has 1 aliphatic heterocycles. The molecule has 1 fully saturated rings. The fraction of sp³-hybridized carbons (Fsp3) is 0.733. The van der Waals surface area contributed by atoms with E-state index >= 15 is 0 Å². The van der Waals surface area contributed by atoms with Crippen LogP contribution >= 0.6 is 0 Å². The van der Waals surface area contributed by atoms with Crippen LogP contribution < -0.4 is 5.32 Å². The summed E-state index contributed by atoms with van der Waals surface area (Å²) in [5.41, 5.74) is 8.34. The maximum absolute atomic E-state index is 12.2. The van der Waals surface area contributed by atoms with Crippen LogP contribution in [0.5, 0.6) is 0 Å². The van der Waals surface area contributed by atoms with E-state index in [1.807, 2.05) is 0 Å². The van der Waals surface area contributed by atoms with Gasteiger partial charge < -0.3 is 34.8 Å². The lowest BCUT2D eigenvalue weighted by atomic mass is 9.88. The molecule has 150 valence electrons. The Morgan fingerprint density at radius 3 is 2.74 bits per heavy atom. The number of methoxy groups -OCH3 is 1. The Morgan fingerprint density at radius 2 is 2.22 bits per heavy atom. The standard InChI is InChI=1S/C15H22N4O8/c1-4-5-26-15(14(24)25-3)6-9(21)11(18-8(2)20)13(27-15)12(23)10(22)7-17-19-16/h1,9-13,21-23H,5-7H2,2-3H3,(H,18,20)/t9-,10-,11-,12-,13?,15-/m1/s1. The first kappa shape index (κ1) is 22.7. The van der Waals surface area contributed by atoms with Crippen molar-refractivity contribution in [3.63, 3.8) is 0 Å². The van der Waals surface area contributed by atoms with Gasteiger partial charge in [-0.25, -0.2) is 4.79 Å². The minimum absolute atomic E-state index is 0.378. The minimum Gasteiger partial charge on any atom is -0.465 e. The zero-order valence-corrected chi connectivity index (χ0v) is 14.8. The zero-order chi connectivity index (χ0) is 20.6. The van der Waals surface area contributed by atoms with Gasteiger partial charge in [0, 0.05) is 18.3 Å². The summed E-state index contributed by atoms with van der Waals surface area (Å²) in [4.78, 5) is 26.2. The van der Waals surface area contributed by atoms with Gasteiger partial charge in [0.2, 0.25) is 5.91 Å². The molecule has 4 N–H and O–H groups in total. The second kappa shape index (κ2) is 10.1. The number of azide groups is 1. The van der Waals surface area contributed by atoms with Crippen molar-refractivity contribution in [2.45, 2.75) is 49.6 Å². The summed E-state index contributed by atoms with van der Waals surface area (Å²) < 4.78 is 15.5. The SMILES string of the molecule is C#CCO[C@]1(C(=O)OC)C[C@@H](O)[C@@H](NC(C)=O)C([C@H](O)[C@H](O)CN=[N+]=[N-])O1. The topological polar surface area (TPSA) is 183 Å². The summed E-state index contributed by atoms with van der Waals surface area (Å²) in [7, 11) is 1.06. The Morgan fingerprint density at radius 1 is 1.56 bits per heavy atom. The summed E-state index contributed by atoms with van der Waals surface area (Å²) in [6.45, 7) is 0.275. The van der Waals surface area contributed by atoms with Gasteiger partial charge in [0.1, 0.15) is 18.8 Å². The monoisotopic (exact) mass is 386 g/mol. The molecule has 0 spiro atoms. The molecule has 1 amide bonds. The molecule has 0 aromatic carbocycles. The van der Waals surface area contributed by atoms with Crippen molar-refractivity contribution in [3.8, 4) is 12.3 Å².